The van der Waals surface area contributed by atoms with Crippen LogP contribution in [0.3, 0.4) is 0 Å². The Morgan fingerprint density at radius 3 is 2.47 bits per heavy atom. The van der Waals surface area contributed by atoms with Gasteiger partial charge >= 0.3 is 0 Å². The summed E-state index contributed by atoms with van der Waals surface area (Å²) in [4.78, 5) is 11.1. The molecular weight excluding hydrogens is 280 g/mol. The van der Waals surface area contributed by atoms with Crippen LogP contribution in [0.2, 0.25) is 10.0 Å². The first-order valence-corrected chi connectivity index (χ1v) is 5.52. The van der Waals surface area contributed by atoms with Gasteiger partial charge in [-0.1, -0.05) is 29.3 Å². The van der Waals surface area contributed by atoms with E-state index in [1.807, 2.05) is 0 Å². The molecule has 1 aromatic rings. The molecule has 1 amide bonds. The average molecular weight is 287 g/mol. The maximum atomic E-state index is 11.1. The highest BCUT2D eigenvalue weighted by molar-refractivity contribution is 6.41. The molecule has 0 radical (unpaired) electrons. The summed E-state index contributed by atoms with van der Waals surface area (Å²) >= 11 is 22.2. The number of halogens is 4. The molecule has 0 unspecified atom stereocenters. The second-order valence-corrected chi connectivity index (χ2v) is 4.56. The lowest BCUT2D eigenvalue weighted by Gasteiger charge is -2.05. The van der Waals surface area contributed by atoms with Crippen LogP contribution in [0.1, 0.15) is 12.0 Å². The molecule has 0 aromatic heterocycles. The molecule has 0 aliphatic carbocycles. The number of nitrogens with zero attached hydrogens (tertiary/aromatic N) is 1. The van der Waals surface area contributed by atoms with Crippen LogP contribution in [0.4, 0.5) is 0 Å². The molecule has 0 bridgehead atoms. The summed E-state index contributed by atoms with van der Waals surface area (Å²) in [6.45, 7) is 0. The van der Waals surface area contributed by atoms with Gasteiger partial charge in [0, 0.05) is 40.0 Å². The fourth-order valence-electron chi connectivity index (χ4n) is 1.05. The van der Waals surface area contributed by atoms with Crippen LogP contribution >= 0.6 is 46.8 Å². The number of hydrogen-bond acceptors (Lipinski definition) is 1. The van der Waals surface area contributed by atoms with E-state index >= 15 is 0 Å². The van der Waals surface area contributed by atoms with Crippen LogP contribution in [0.15, 0.2) is 18.2 Å². The Labute approximate surface area is 108 Å². The van der Waals surface area contributed by atoms with E-state index in [1.165, 1.54) is 0 Å². The van der Waals surface area contributed by atoms with Gasteiger partial charge in [0.1, 0.15) is 0 Å². The highest BCUT2D eigenvalue weighted by Crippen LogP contribution is 2.22. The standard InChI is InChI=1S/C9H7Cl4NO/c10-7-3-1-6(8(11)5-7)2-4-9(15)14(12)13/h1,3,5H,2,4H2. The number of amides is 1. The van der Waals surface area contributed by atoms with Crippen molar-refractivity contribution in [3.05, 3.63) is 33.8 Å². The highest BCUT2D eigenvalue weighted by atomic mass is 35.5. The quantitative estimate of drug-likeness (QED) is 0.767. The molecule has 0 fully saturated rings. The molecule has 0 spiro atoms. The topological polar surface area (TPSA) is 20.3 Å². The van der Waals surface area contributed by atoms with E-state index in [2.05, 4.69) is 0 Å². The first-order chi connectivity index (χ1) is 7.00. The predicted octanol–water partition coefficient (Wildman–Crippen LogP) is 4.06. The second kappa shape index (κ2) is 5.80. The monoisotopic (exact) mass is 285 g/mol. The largest absolute Gasteiger partial charge is 0.272 e. The molecule has 15 heavy (non-hydrogen) atoms. The van der Waals surface area contributed by atoms with Gasteiger partial charge in [-0.15, -0.1) is 0 Å². The number of hydrogen-bond donors (Lipinski definition) is 0. The van der Waals surface area contributed by atoms with E-state index in [-0.39, 0.29) is 12.3 Å². The van der Waals surface area contributed by atoms with Crippen molar-refractivity contribution in [3.8, 4) is 0 Å². The summed E-state index contributed by atoms with van der Waals surface area (Å²) in [7, 11) is 0. The zero-order valence-electron chi connectivity index (χ0n) is 7.51. The van der Waals surface area contributed by atoms with Gasteiger partial charge in [-0.3, -0.25) is 4.79 Å². The third-order valence-electron chi connectivity index (χ3n) is 1.81. The zero-order chi connectivity index (χ0) is 11.4. The molecule has 1 aromatic carbocycles. The second-order valence-electron chi connectivity index (χ2n) is 2.86. The van der Waals surface area contributed by atoms with E-state index in [4.69, 9.17) is 46.8 Å². The Bertz CT molecular complexity index is 367. The zero-order valence-corrected chi connectivity index (χ0v) is 10.5. The summed E-state index contributed by atoms with van der Waals surface area (Å²) in [6.07, 6.45) is 0.680. The van der Waals surface area contributed by atoms with Crippen molar-refractivity contribution < 1.29 is 4.79 Å². The minimum Gasteiger partial charge on any atom is -0.272 e. The van der Waals surface area contributed by atoms with E-state index in [0.717, 1.165) is 5.56 Å². The number of carbonyl (C=O) groups excluding carboxylic acids is 1. The Morgan fingerprint density at radius 2 is 1.93 bits per heavy atom. The van der Waals surface area contributed by atoms with Crippen molar-refractivity contribution in [3.63, 3.8) is 0 Å². The van der Waals surface area contributed by atoms with Crippen molar-refractivity contribution in [1.29, 1.82) is 0 Å². The fraction of sp³-hybridized carbons (Fsp3) is 0.222. The predicted molar refractivity (Wildman–Crippen MR) is 63.3 cm³/mol. The van der Waals surface area contributed by atoms with Gasteiger partial charge in [-0.05, 0) is 24.1 Å². The summed E-state index contributed by atoms with van der Waals surface area (Å²) in [5.41, 5.74) is 0.838. The van der Waals surface area contributed by atoms with Gasteiger partial charge in [0.25, 0.3) is 5.91 Å². The Hall–Kier alpha value is -0.150. The van der Waals surface area contributed by atoms with Gasteiger partial charge < -0.3 is 0 Å². The summed E-state index contributed by atoms with van der Waals surface area (Å²) in [5.74, 6) is -0.371. The maximum absolute atomic E-state index is 11.1. The molecule has 0 atom stereocenters. The van der Waals surface area contributed by atoms with Crippen molar-refractivity contribution in [2.75, 3.05) is 0 Å². The number of benzene rings is 1. The summed E-state index contributed by atoms with van der Waals surface area (Å²) < 4.78 is 0.518. The first kappa shape index (κ1) is 12.9. The van der Waals surface area contributed by atoms with Crippen LogP contribution in [0.25, 0.3) is 0 Å². The van der Waals surface area contributed by atoms with E-state index < -0.39 is 0 Å². The van der Waals surface area contributed by atoms with Crippen LogP contribution in [0.5, 0.6) is 0 Å². The minimum absolute atomic E-state index is 0.203. The van der Waals surface area contributed by atoms with Crippen molar-refractivity contribution in [1.82, 2.24) is 3.94 Å². The lowest BCUT2D eigenvalue weighted by Crippen LogP contribution is -2.11. The lowest BCUT2D eigenvalue weighted by molar-refractivity contribution is -0.123. The molecule has 0 heterocycles. The minimum atomic E-state index is -0.371. The summed E-state index contributed by atoms with van der Waals surface area (Å²) in [6, 6.07) is 5.11. The van der Waals surface area contributed by atoms with Crippen LogP contribution < -0.4 is 0 Å². The van der Waals surface area contributed by atoms with Crippen LogP contribution in [-0.4, -0.2) is 9.85 Å². The van der Waals surface area contributed by atoms with Crippen LogP contribution in [0, 0.1) is 0 Å². The van der Waals surface area contributed by atoms with Gasteiger partial charge in [0.05, 0.1) is 0 Å². The Morgan fingerprint density at radius 1 is 1.27 bits per heavy atom. The molecule has 0 N–H and O–H groups in total. The highest BCUT2D eigenvalue weighted by Gasteiger charge is 2.09. The molecule has 1 rings (SSSR count). The fourth-order valence-corrected chi connectivity index (χ4v) is 1.72. The van der Waals surface area contributed by atoms with E-state index in [0.29, 0.717) is 20.4 Å². The Kier molecular flexibility index (Phi) is 5.00. The normalized spacial score (nSPS) is 10.1. The smallest absolute Gasteiger partial charge is 0.252 e. The average Bonchev–Trinajstić information content (AvgIpc) is 2.15. The van der Waals surface area contributed by atoms with E-state index in [1.54, 1.807) is 18.2 Å². The third-order valence-corrected chi connectivity index (χ3v) is 2.78. The summed E-state index contributed by atoms with van der Waals surface area (Å²) in [5, 5.41) is 1.09. The molecule has 0 aliphatic rings. The third kappa shape index (κ3) is 4.07. The van der Waals surface area contributed by atoms with E-state index in [9.17, 15) is 4.79 Å². The molecule has 0 saturated heterocycles. The van der Waals surface area contributed by atoms with Crippen molar-refractivity contribution in [2.45, 2.75) is 12.8 Å². The van der Waals surface area contributed by atoms with Crippen molar-refractivity contribution >= 4 is 52.7 Å². The molecular formula is C9H7Cl4NO. The van der Waals surface area contributed by atoms with Gasteiger partial charge in [-0.2, -0.15) is 3.94 Å². The first-order valence-electron chi connectivity index (χ1n) is 4.09. The molecule has 82 valence electrons. The van der Waals surface area contributed by atoms with Gasteiger partial charge in [-0.25, -0.2) is 0 Å². The van der Waals surface area contributed by atoms with Gasteiger partial charge in [0.15, 0.2) is 0 Å². The molecule has 2 nitrogen and oxygen atoms in total. The number of carbonyl (C=O) groups is 1. The van der Waals surface area contributed by atoms with Gasteiger partial charge in [0.2, 0.25) is 0 Å². The molecule has 0 saturated carbocycles. The molecule has 0 aliphatic heterocycles. The molecule has 6 heteroatoms. The Balaban J connectivity index is 2.62. The number of aryl methyl sites for hydroxylation is 1. The SMILES string of the molecule is O=C(CCc1ccc(Cl)cc1Cl)N(Cl)Cl. The number of rotatable bonds is 3. The van der Waals surface area contributed by atoms with Crippen LogP contribution in [-0.2, 0) is 11.2 Å². The lowest BCUT2D eigenvalue weighted by atomic mass is 10.1. The van der Waals surface area contributed by atoms with Crippen molar-refractivity contribution in [2.24, 2.45) is 0 Å². The maximum Gasteiger partial charge on any atom is 0.252 e.